The van der Waals surface area contributed by atoms with Crippen LogP contribution < -0.4 is 0 Å². The van der Waals surface area contributed by atoms with Gasteiger partial charge in [-0.3, -0.25) is 0 Å². The fraction of sp³-hybridized carbons (Fsp3) is 0.429. The van der Waals surface area contributed by atoms with Gasteiger partial charge in [0.2, 0.25) is 5.83 Å². The van der Waals surface area contributed by atoms with E-state index < -0.39 is 41.8 Å². The van der Waals surface area contributed by atoms with Crippen LogP contribution in [0.2, 0.25) is 0 Å². The number of alkyl halides is 5. The first-order valence-electron chi connectivity index (χ1n) is 3.69. The third kappa shape index (κ3) is 3.35. The van der Waals surface area contributed by atoms with Crippen molar-refractivity contribution in [3.63, 3.8) is 0 Å². The van der Waals surface area contributed by atoms with Crippen LogP contribution in [0.15, 0.2) is 23.8 Å². The van der Waals surface area contributed by atoms with Crippen molar-refractivity contribution < 1.29 is 48.3 Å². The van der Waals surface area contributed by atoms with Gasteiger partial charge in [0.1, 0.15) is 0 Å². The number of hydrogen-bond donors (Lipinski definition) is 0. The molecule has 11 heteroatoms. The van der Waals surface area contributed by atoms with Crippen LogP contribution in [0.25, 0.3) is 0 Å². The van der Waals surface area contributed by atoms with E-state index in [4.69, 9.17) is 0 Å². The normalized spacial score (nSPS) is 14.2. The Bertz CT molecular complexity index is 365. The van der Waals surface area contributed by atoms with Gasteiger partial charge in [-0.1, -0.05) is 0 Å². The second-order valence-electron chi connectivity index (χ2n) is 2.78. The zero-order chi connectivity index (χ0) is 14.9. The molecule has 0 aliphatic carbocycles. The van der Waals surface area contributed by atoms with Crippen molar-refractivity contribution in [1.82, 2.24) is 0 Å². The highest BCUT2D eigenvalue weighted by atomic mass is 19.4. The SMILES string of the molecule is FC(F)=C(F)C(C(F)(F)F)C(F)(F)C(F)=C(F)F. The summed E-state index contributed by atoms with van der Waals surface area (Å²) in [4.78, 5) is 0. The molecule has 0 saturated heterocycles. The highest BCUT2D eigenvalue weighted by Crippen LogP contribution is 2.49. The average Bonchev–Trinajstić information content (AvgIpc) is 2.13. The van der Waals surface area contributed by atoms with Crippen LogP contribution in [-0.4, -0.2) is 12.1 Å². The highest BCUT2D eigenvalue weighted by molar-refractivity contribution is 5.17. The molecular weight excluding hydrogens is 293 g/mol. The van der Waals surface area contributed by atoms with Crippen molar-refractivity contribution in [2.24, 2.45) is 5.92 Å². The molecule has 0 amide bonds. The molecule has 0 spiro atoms. The summed E-state index contributed by atoms with van der Waals surface area (Å²) in [7, 11) is 0. The number of hydrogen-bond acceptors (Lipinski definition) is 0. The predicted molar refractivity (Wildman–Crippen MR) is 35.2 cm³/mol. The van der Waals surface area contributed by atoms with Gasteiger partial charge in [-0.2, -0.15) is 43.9 Å². The van der Waals surface area contributed by atoms with Crippen LogP contribution in [-0.2, 0) is 0 Å². The van der Waals surface area contributed by atoms with Crippen molar-refractivity contribution in [3.05, 3.63) is 23.8 Å². The molecule has 0 aromatic rings. The lowest BCUT2D eigenvalue weighted by molar-refractivity contribution is -0.227. The summed E-state index contributed by atoms with van der Waals surface area (Å²) < 4.78 is 131. The molecule has 0 bridgehead atoms. The van der Waals surface area contributed by atoms with E-state index in [1.807, 2.05) is 0 Å². The predicted octanol–water partition coefficient (Wildman–Crippen LogP) is 4.96. The van der Waals surface area contributed by atoms with Crippen molar-refractivity contribution in [1.29, 1.82) is 0 Å². The Morgan fingerprint density at radius 1 is 0.667 bits per heavy atom. The minimum Gasteiger partial charge on any atom is -0.205 e. The maximum atomic E-state index is 12.6. The van der Waals surface area contributed by atoms with Crippen LogP contribution >= 0.6 is 0 Å². The smallest absolute Gasteiger partial charge is 0.205 e. The fourth-order valence-corrected chi connectivity index (χ4v) is 0.870. The highest BCUT2D eigenvalue weighted by Gasteiger charge is 2.63. The molecule has 0 heterocycles. The van der Waals surface area contributed by atoms with Gasteiger partial charge in [0.25, 0.3) is 0 Å². The Kier molecular flexibility index (Phi) is 4.77. The molecule has 0 fully saturated rings. The molecule has 0 radical (unpaired) electrons. The van der Waals surface area contributed by atoms with Crippen LogP contribution in [0.3, 0.4) is 0 Å². The molecule has 0 aromatic heterocycles. The van der Waals surface area contributed by atoms with Gasteiger partial charge in [-0.15, -0.1) is 0 Å². The van der Waals surface area contributed by atoms with E-state index in [0.29, 0.717) is 0 Å². The summed E-state index contributed by atoms with van der Waals surface area (Å²) in [6.07, 6.45) is -14.1. The molecule has 0 aliphatic rings. The Labute approximate surface area is 91.4 Å². The van der Waals surface area contributed by atoms with E-state index in [2.05, 4.69) is 0 Å². The average molecular weight is 294 g/mol. The first kappa shape index (κ1) is 16.7. The van der Waals surface area contributed by atoms with Crippen LogP contribution in [0.1, 0.15) is 0 Å². The first-order chi connectivity index (χ1) is 7.83. The maximum Gasteiger partial charge on any atom is 0.404 e. The standard InChI is InChI=1S/C7HF11/c8-1(4(10)11)2(7(16,17)18)6(14,15)3(9)5(12)13/h2H. The van der Waals surface area contributed by atoms with Gasteiger partial charge in [-0.05, 0) is 0 Å². The zero-order valence-corrected chi connectivity index (χ0v) is 7.73. The molecule has 1 unspecified atom stereocenters. The number of allylic oxidation sites excluding steroid dienone is 2. The van der Waals surface area contributed by atoms with Gasteiger partial charge < -0.3 is 0 Å². The van der Waals surface area contributed by atoms with E-state index in [-0.39, 0.29) is 0 Å². The van der Waals surface area contributed by atoms with Gasteiger partial charge >= 0.3 is 24.3 Å². The summed E-state index contributed by atoms with van der Waals surface area (Å²) in [5, 5.41) is 0. The van der Waals surface area contributed by atoms with Crippen molar-refractivity contribution in [2.45, 2.75) is 12.1 Å². The van der Waals surface area contributed by atoms with E-state index in [9.17, 15) is 48.3 Å². The molecule has 0 rings (SSSR count). The first-order valence-corrected chi connectivity index (χ1v) is 3.69. The van der Waals surface area contributed by atoms with Gasteiger partial charge in [0, 0.05) is 0 Å². The van der Waals surface area contributed by atoms with Gasteiger partial charge in [0.05, 0.1) is 0 Å². The molecule has 18 heavy (non-hydrogen) atoms. The van der Waals surface area contributed by atoms with E-state index in [1.165, 1.54) is 0 Å². The Balaban J connectivity index is 5.94. The third-order valence-electron chi connectivity index (χ3n) is 1.58. The van der Waals surface area contributed by atoms with E-state index >= 15 is 0 Å². The Hall–Kier alpha value is -1.29. The van der Waals surface area contributed by atoms with Crippen molar-refractivity contribution >= 4 is 0 Å². The Morgan fingerprint density at radius 2 is 1.06 bits per heavy atom. The van der Waals surface area contributed by atoms with Crippen molar-refractivity contribution in [3.8, 4) is 0 Å². The summed E-state index contributed by atoms with van der Waals surface area (Å²) in [5.41, 5.74) is 0. The summed E-state index contributed by atoms with van der Waals surface area (Å²) >= 11 is 0. The zero-order valence-electron chi connectivity index (χ0n) is 7.73. The molecule has 1 atom stereocenters. The monoisotopic (exact) mass is 294 g/mol. The molecule has 0 N–H and O–H groups in total. The lowest BCUT2D eigenvalue weighted by Crippen LogP contribution is -2.41. The second-order valence-corrected chi connectivity index (χ2v) is 2.78. The topological polar surface area (TPSA) is 0 Å². The van der Waals surface area contributed by atoms with E-state index in [1.54, 1.807) is 0 Å². The molecule has 0 aliphatic heterocycles. The molecule has 0 nitrogen and oxygen atoms in total. The lowest BCUT2D eigenvalue weighted by atomic mass is 9.98. The molecule has 0 saturated carbocycles. The minimum absolute atomic E-state index is 3.73. The third-order valence-corrected chi connectivity index (χ3v) is 1.58. The molecule has 106 valence electrons. The molecular formula is C7HF11. The lowest BCUT2D eigenvalue weighted by Gasteiger charge is -2.25. The number of halogens is 11. The quantitative estimate of drug-likeness (QED) is 0.646. The van der Waals surface area contributed by atoms with Crippen molar-refractivity contribution in [2.75, 3.05) is 0 Å². The minimum atomic E-state index is -6.40. The van der Waals surface area contributed by atoms with E-state index in [0.717, 1.165) is 0 Å². The summed E-state index contributed by atoms with van der Waals surface area (Å²) in [5.74, 6) is -18.9. The van der Waals surface area contributed by atoms with Gasteiger partial charge in [-0.25, -0.2) is 4.39 Å². The van der Waals surface area contributed by atoms with Crippen LogP contribution in [0.4, 0.5) is 48.3 Å². The van der Waals surface area contributed by atoms with Crippen LogP contribution in [0, 0.1) is 5.92 Å². The fourth-order valence-electron chi connectivity index (χ4n) is 0.870. The van der Waals surface area contributed by atoms with Gasteiger partial charge in [0.15, 0.2) is 11.7 Å². The number of rotatable bonds is 3. The maximum absolute atomic E-state index is 12.6. The summed E-state index contributed by atoms with van der Waals surface area (Å²) in [6.45, 7) is 0. The van der Waals surface area contributed by atoms with Crippen LogP contribution in [0.5, 0.6) is 0 Å². The summed E-state index contributed by atoms with van der Waals surface area (Å²) in [6, 6.07) is 0. The second kappa shape index (κ2) is 5.14. The molecule has 0 aromatic carbocycles. The Morgan fingerprint density at radius 3 is 1.28 bits per heavy atom. The largest absolute Gasteiger partial charge is 0.404 e.